The van der Waals surface area contributed by atoms with Crippen molar-refractivity contribution in [2.45, 2.75) is 113 Å². The van der Waals surface area contributed by atoms with Crippen LogP contribution < -0.4 is 9.47 Å². The van der Waals surface area contributed by atoms with Gasteiger partial charge in [-0.1, -0.05) is 86.8 Å². The van der Waals surface area contributed by atoms with Crippen molar-refractivity contribution in [1.82, 2.24) is 0 Å². The minimum absolute atomic E-state index is 0.0267. The number of aliphatic imine (C=N–C) groups is 1. The molecule has 14 heteroatoms. The van der Waals surface area contributed by atoms with Crippen molar-refractivity contribution in [3.05, 3.63) is 113 Å². The van der Waals surface area contributed by atoms with Crippen molar-refractivity contribution >= 4 is 176 Å². The number of allylic oxidation sites excluding steroid dienone is 2. The van der Waals surface area contributed by atoms with Gasteiger partial charge in [-0.05, 0) is 223 Å². The zero-order chi connectivity index (χ0) is 45.0. The predicted octanol–water partition coefficient (Wildman–Crippen LogP) is 17.6. The molecule has 5 nitrogen and oxygen atoms in total. The highest BCUT2D eigenvalue weighted by atomic mass is 127. The summed E-state index contributed by atoms with van der Waals surface area (Å²) >= 11 is 30.0. The molecule has 0 bridgehead atoms. The molecule has 0 heterocycles. The Morgan fingerprint density at radius 1 is 0.758 bits per heavy atom. The van der Waals surface area contributed by atoms with Gasteiger partial charge in [-0.2, -0.15) is 0 Å². The van der Waals surface area contributed by atoms with E-state index in [-0.39, 0.29) is 10.0 Å². The Balaban J connectivity index is 0.000000294. The summed E-state index contributed by atoms with van der Waals surface area (Å²) in [5.41, 5.74) is 3.82. The lowest BCUT2D eigenvalue weighted by Gasteiger charge is -2.24. The third-order valence-electron chi connectivity index (χ3n) is 10.5. The molecule has 0 aromatic heterocycles. The maximum Gasteiger partial charge on any atom is 0.190 e. The molecule has 2 atom stereocenters. The predicted molar refractivity (Wildman–Crippen MR) is 314 cm³/mol. The quantitative estimate of drug-likeness (QED) is 0.0500. The number of halogens is 9. The molecule has 3 aromatic carbocycles. The van der Waals surface area contributed by atoms with E-state index < -0.39 is 0 Å². The Morgan fingerprint density at radius 2 is 1.37 bits per heavy atom. The zero-order valence-electron chi connectivity index (χ0n) is 35.3. The summed E-state index contributed by atoms with van der Waals surface area (Å²) < 4.78 is 30.6. The lowest BCUT2D eigenvalue weighted by atomic mass is 9.87. The van der Waals surface area contributed by atoms with E-state index in [0.29, 0.717) is 42.6 Å². The van der Waals surface area contributed by atoms with Gasteiger partial charge in [0.2, 0.25) is 0 Å². The Labute approximate surface area is 467 Å². The van der Waals surface area contributed by atoms with Gasteiger partial charge in [-0.25, -0.2) is 0 Å². The average Bonchev–Trinajstić information content (AvgIpc) is 3.25. The van der Waals surface area contributed by atoms with Crippen molar-refractivity contribution in [1.29, 1.82) is 0 Å². The average molecular weight is 1580 g/mol. The molecule has 0 aliphatic heterocycles. The molecule has 0 N–H and O–H groups in total. The van der Waals surface area contributed by atoms with Crippen molar-refractivity contribution in [2.24, 2.45) is 10.9 Å². The molecule has 3 aromatic rings. The number of nitrogens with zero attached hydrogens (tertiary/aromatic N) is 1. The van der Waals surface area contributed by atoms with E-state index in [0.717, 1.165) is 63.8 Å². The Hall–Kier alpha value is 1.16. The molecule has 0 spiro atoms. The summed E-state index contributed by atoms with van der Waals surface area (Å²) in [4.78, 5) is 5.12. The number of ether oxygens (including phenoxy) is 4. The third kappa shape index (κ3) is 19.6. The van der Waals surface area contributed by atoms with Crippen molar-refractivity contribution in [3.8, 4) is 17.2 Å². The van der Waals surface area contributed by atoms with Crippen LogP contribution in [-0.4, -0.2) is 46.2 Å². The van der Waals surface area contributed by atoms with E-state index in [1.54, 1.807) is 0 Å². The third-order valence-corrected chi connectivity index (χ3v) is 16.9. The number of benzene rings is 3. The monoisotopic (exact) mass is 1580 g/mol. The molecule has 0 amide bonds. The first kappa shape index (κ1) is 55.8. The van der Waals surface area contributed by atoms with Gasteiger partial charge in [0.05, 0.1) is 33.4 Å². The largest absolute Gasteiger partial charge is 0.457 e. The highest BCUT2D eigenvalue weighted by Crippen LogP contribution is 2.36. The van der Waals surface area contributed by atoms with Crippen LogP contribution in [0.3, 0.4) is 0 Å². The van der Waals surface area contributed by atoms with Crippen molar-refractivity contribution < 1.29 is 18.9 Å². The molecule has 0 radical (unpaired) electrons. The number of alkyl halides is 4. The molecule has 3 aliphatic carbocycles. The number of hydrogen-bond acceptors (Lipinski definition) is 5. The minimum Gasteiger partial charge on any atom is -0.457 e. The van der Waals surface area contributed by atoms with Crippen LogP contribution in [0.5, 0.6) is 17.2 Å². The van der Waals surface area contributed by atoms with Gasteiger partial charge in [0, 0.05) is 37.6 Å². The summed E-state index contributed by atoms with van der Waals surface area (Å²) in [7, 11) is 0. The highest BCUT2D eigenvalue weighted by Gasteiger charge is 2.22. The molecule has 6 rings (SSSR count). The van der Waals surface area contributed by atoms with E-state index in [2.05, 4.69) is 198 Å². The smallest absolute Gasteiger partial charge is 0.190 e. The van der Waals surface area contributed by atoms with Gasteiger partial charge in [0.1, 0.15) is 23.0 Å². The second-order valence-electron chi connectivity index (χ2n) is 15.3. The zero-order valence-corrected chi connectivity index (χ0v) is 50.5. The van der Waals surface area contributed by atoms with Crippen LogP contribution >= 0.6 is 170 Å². The second-order valence-corrected chi connectivity index (χ2v) is 23.7. The number of rotatable bonds is 15. The first-order valence-electron chi connectivity index (χ1n) is 21.2. The van der Waals surface area contributed by atoms with Crippen LogP contribution in [0, 0.1) is 30.7 Å². The van der Waals surface area contributed by atoms with Gasteiger partial charge < -0.3 is 18.9 Å². The molecular formula is C48H56Cl3I6NO4. The molecule has 3 aliphatic rings. The minimum atomic E-state index is 0.0267. The fourth-order valence-corrected chi connectivity index (χ4v) is 12.6. The van der Waals surface area contributed by atoms with Gasteiger partial charge in [-0.3, -0.25) is 4.99 Å². The standard InChI is InChI=1S/C31H40ClI2NO3.C15H12I4O.C2H4Cl2/c1-22(37-31(20-23-8-4-2-5-9-23)35-25-10-6-3-7-11-25)18-24-12-14-30(27(33)19-24)38-26-13-15-29(28(34)21-26)36-17-16-32;1-3-9-4-13(18)15(14(19)5-9)20-10-6-11(16)8(2)12(17)7-10;3-1-2-4/h12-15,19,21,23,25,28-29H,1-11,16-18,20H2;4-7H,3H2,1-2H3;1-2H2. The van der Waals surface area contributed by atoms with E-state index in [1.165, 1.54) is 82.5 Å². The first-order chi connectivity index (χ1) is 29.8. The van der Waals surface area contributed by atoms with E-state index in [4.69, 9.17) is 58.7 Å². The van der Waals surface area contributed by atoms with Crippen molar-refractivity contribution in [3.63, 3.8) is 0 Å². The topological polar surface area (TPSA) is 49.3 Å². The summed E-state index contributed by atoms with van der Waals surface area (Å²) in [5, 5.41) is 0. The Kier molecular flexibility index (Phi) is 27.5. The molecule has 2 unspecified atom stereocenters. The lowest BCUT2D eigenvalue weighted by Crippen LogP contribution is -2.24. The summed E-state index contributed by atoms with van der Waals surface area (Å²) in [5.74, 6) is 7.54. The molecule has 0 saturated heterocycles. The van der Waals surface area contributed by atoms with E-state index in [9.17, 15) is 0 Å². The van der Waals surface area contributed by atoms with E-state index >= 15 is 0 Å². The van der Waals surface area contributed by atoms with Gasteiger partial charge in [0.25, 0.3) is 0 Å². The Morgan fingerprint density at radius 3 is 1.94 bits per heavy atom. The summed E-state index contributed by atoms with van der Waals surface area (Å²) in [6.07, 6.45) is 21.7. The van der Waals surface area contributed by atoms with Crippen LogP contribution in [0.15, 0.2) is 83.8 Å². The van der Waals surface area contributed by atoms with Crippen LogP contribution in [0.1, 0.15) is 94.2 Å². The highest BCUT2D eigenvalue weighted by molar-refractivity contribution is 14.1. The van der Waals surface area contributed by atoms with Gasteiger partial charge >= 0.3 is 0 Å². The molecule has 2 saturated carbocycles. The maximum atomic E-state index is 6.38. The van der Waals surface area contributed by atoms with E-state index in [1.807, 2.05) is 18.2 Å². The summed E-state index contributed by atoms with van der Waals surface area (Å²) in [6, 6.07) is 15.3. The van der Waals surface area contributed by atoms with Gasteiger partial charge in [-0.15, -0.1) is 34.8 Å². The summed E-state index contributed by atoms with van der Waals surface area (Å²) in [6.45, 7) is 9.14. The van der Waals surface area contributed by atoms with Crippen LogP contribution in [-0.2, 0) is 22.3 Å². The van der Waals surface area contributed by atoms with Crippen LogP contribution in [0.4, 0.5) is 0 Å². The SMILES string of the molecule is C=C(Cc1ccc(OC2=CC(I)C(OCCCl)C=C2)c(I)c1)OC(CC1CCCCC1)=NC1CCCCC1.CCc1cc(I)c(Oc2cc(I)c(C)c(I)c2)c(I)c1.ClCCCl. The first-order valence-corrected chi connectivity index (χ1v) is 29.4. The van der Waals surface area contributed by atoms with Crippen LogP contribution in [0.25, 0.3) is 0 Å². The molecule has 62 heavy (non-hydrogen) atoms. The van der Waals surface area contributed by atoms with Crippen molar-refractivity contribution in [2.75, 3.05) is 24.2 Å². The normalized spacial score (nSPS) is 18.2. The Bertz CT molecular complexity index is 1940. The van der Waals surface area contributed by atoms with Gasteiger partial charge in [0.15, 0.2) is 11.6 Å². The number of aryl methyl sites for hydroxylation is 1. The lowest BCUT2D eigenvalue weighted by molar-refractivity contribution is 0.104. The molecule has 340 valence electrons. The van der Waals surface area contributed by atoms with Crippen LogP contribution in [0.2, 0.25) is 0 Å². The molecule has 2 fully saturated rings. The number of hydrogen-bond donors (Lipinski definition) is 0. The maximum absolute atomic E-state index is 6.38. The molecular weight excluding hydrogens is 1520 g/mol. The fraction of sp³-hybridized carbons (Fsp3) is 0.479. The fourth-order valence-electron chi connectivity index (χ4n) is 7.18. The second kappa shape index (κ2) is 30.6.